The van der Waals surface area contributed by atoms with E-state index in [9.17, 15) is 16.8 Å². The van der Waals surface area contributed by atoms with Gasteiger partial charge in [-0.2, -0.15) is 0 Å². The molecule has 0 bridgehead atoms. The number of rotatable bonds is 3. The summed E-state index contributed by atoms with van der Waals surface area (Å²) in [4.78, 5) is 0.158. The molecule has 0 saturated carbocycles. The highest BCUT2D eigenvalue weighted by Gasteiger charge is 2.31. The Morgan fingerprint density at radius 3 is 2.80 bits per heavy atom. The molecule has 0 radical (unpaired) electrons. The molecule has 2 aliphatic heterocycles. The topological polar surface area (TPSA) is 89.5 Å². The molecule has 1 aromatic carbocycles. The fourth-order valence-electron chi connectivity index (χ4n) is 2.51. The van der Waals surface area contributed by atoms with Crippen LogP contribution in [-0.4, -0.2) is 41.0 Å². The maximum atomic E-state index is 12.3. The Hall–Kier alpha value is -1.12. The molecule has 1 fully saturated rings. The molecule has 0 aromatic heterocycles. The second-order valence-electron chi connectivity index (χ2n) is 5.09. The third kappa shape index (κ3) is 2.68. The lowest BCUT2D eigenvalue weighted by atomic mass is 10.2. The molecule has 8 heteroatoms. The van der Waals surface area contributed by atoms with Crippen molar-refractivity contribution in [3.63, 3.8) is 0 Å². The summed E-state index contributed by atoms with van der Waals surface area (Å²) >= 11 is 0. The Bertz CT molecular complexity index is 739. The van der Waals surface area contributed by atoms with E-state index >= 15 is 0 Å². The van der Waals surface area contributed by atoms with E-state index in [0.29, 0.717) is 25.2 Å². The smallest absolute Gasteiger partial charge is 0.240 e. The summed E-state index contributed by atoms with van der Waals surface area (Å²) in [6, 6.07) is 4.18. The van der Waals surface area contributed by atoms with Gasteiger partial charge in [-0.05, 0) is 30.2 Å². The zero-order chi connectivity index (χ0) is 14.4. The first-order valence-corrected chi connectivity index (χ1v) is 9.65. The highest BCUT2D eigenvalue weighted by atomic mass is 32.2. The first-order valence-electron chi connectivity index (χ1n) is 6.34. The molecule has 0 unspecified atom stereocenters. The van der Waals surface area contributed by atoms with Crippen molar-refractivity contribution in [3.05, 3.63) is 23.8 Å². The van der Waals surface area contributed by atoms with Crippen molar-refractivity contribution < 1.29 is 21.6 Å². The van der Waals surface area contributed by atoms with Gasteiger partial charge in [-0.3, -0.25) is 0 Å². The van der Waals surface area contributed by atoms with Gasteiger partial charge in [0.25, 0.3) is 0 Å². The minimum absolute atomic E-state index is 0.0399. The molecule has 110 valence electrons. The fourth-order valence-corrected chi connectivity index (χ4v) is 5.61. The highest BCUT2D eigenvalue weighted by Crippen LogP contribution is 2.27. The van der Waals surface area contributed by atoms with Gasteiger partial charge in [-0.1, -0.05) is 0 Å². The molecule has 0 aliphatic carbocycles. The summed E-state index contributed by atoms with van der Waals surface area (Å²) in [6.07, 6.45) is 1.02. The van der Waals surface area contributed by atoms with Crippen molar-refractivity contribution in [1.29, 1.82) is 0 Å². The predicted octanol–water partition coefficient (Wildman–Crippen LogP) is 0.0869. The summed E-state index contributed by atoms with van der Waals surface area (Å²) in [5.74, 6) is 0.630. The monoisotopic (exact) mass is 317 g/mol. The Morgan fingerprint density at radius 1 is 1.30 bits per heavy atom. The SMILES string of the molecule is O=S1(=O)CC[C@H](NS(=O)(=O)c2ccc3c(c2)CCO3)C1. The second kappa shape index (κ2) is 4.71. The van der Waals surface area contributed by atoms with Crippen LogP contribution in [0.2, 0.25) is 0 Å². The van der Waals surface area contributed by atoms with Crippen LogP contribution in [0.5, 0.6) is 5.75 Å². The standard InChI is InChI=1S/C12H15NO5S2/c14-19(15)6-4-10(8-19)13-20(16,17)11-1-2-12-9(7-11)3-5-18-12/h1-2,7,10,13H,3-6,8H2/t10-/m0/s1. The number of fused-ring (bicyclic) bond motifs is 1. The number of sulfone groups is 1. The molecule has 0 amide bonds. The van der Waals surface area contributed by atoms with Gasteiger partial charge in [-0.15, -0.1) is 0 Å². The lowest BCUT2D eigenvalue weighted by Gasteiger charge is -2.12. The zero-order valence-electron chi connectivity index (χ0n) is 10.7. The number of nitrogens with one attached hydrogen (secondary N) is 1. The summed E-state index contributed by atoms with van der Waals surface area (Å²) < 4.78 is 55.0. The number of ether oxygens (including phenoxy) is 1. The molecule has 1 N–H and O–H groups in total. The van der Waals surface area contributed by atoms with Gasteiger partial charge in [-0.25, -0.2) is 21.6 Å². The molecule has 1 aromatic rings. The Kier molecular flexibility index (Phi) is 3.26. The van der Waals surface area contributed by atoms with Gasteiger partial charge in [0.15, 0.2) is 9.84 Å². The molecule has 1 saturated heterocycles. The third-order valence-electron chi connectivity index (χ3n) is 3.53. The first-order chi connectivity index (χ1) is 9.36. The van der Waals surface area contributed by atoms with Crippen molar-refractivity contribution in [2.24, 2.45) is 0 Å². The quantitative estimate of drug-likeness (QED) is 0.853. The lowest BCUT2D eigenvalue weighted by molar-refractivity contribution is 0.356. The maximum Gasteiger partial charge on any atom is 0.240 e. The Morgan fingerprint density at radius 2 is 2.10 bits per heavy atom. The van der Waals surface area contributed by atoms with Crippen LogP contribution in [0.3, 0.4) is 0 Å². The normalized spacial score (nSPS) is 24.3. The molecular weight excluding hydrogens is 302 g/mol. The van der Waals surface area contributed by atoms with E-state index in [0.717, 1.165) is 5.56 Å². The van der Waals surface area contributed by atoms with E-state index < -0.39 is 25.9 Å². The lowest BCUT2D eigenvalue weighted by Crippen LogP contribution is -2.35. The molecular formula is C12H15NO5S2. The van der Waals surface area contributed by atoms with Crippen LogP contribution in [0.4, 0.5) is 0 Å². The van der Waals surface area contributed by atoms with Crippen LogP contribution in [0.1, 0.15) is 12.0 Å². The van der Waals surface area contributed by atoms with E-state index in [4.69, 9.17) is 4.74 Å². The van der Waals surface area contributed by atoms with Gasteiger partial charge in [0.2, 0.25) is 10.0 Å². The molecule has 3 rings (SSSR count). The third-order valence-corrected chi connectivity index (χ3v) is 6.81. The van der Waals surface area contributed by atoms with Crippen LogP contribution < -0.4 is 9.46 Å². The zero-order valence-corrected chi connectivity index (χ0v) is 12.3. The summed E-state index contributed by atoms with van der Waals surface area (Å²) in [5, 5.41) is 0. The number of hydrogen-bond donors (Lipinski definition) is 1. The average molecular weight is 317 g/mol. The van der Waals surface area contributed by atoms with Crippen LogP contribution in [-0.2, 0) is 26.3 Å². The highest BCUT2D eigenvalue weighted by molar-refractivity contribution is 7.92. The van der Waals surface area contributed by atoms with Gasteiger partial charge >= 0.3 is 0 Å². The van der Waals surface area contributed by atoms with Gasteiger partial charge < -0.3 is 4.74 Å². The second-order valence-corrected chi connectivity index (χ2v) is 9.03. The van der Waals surface area contributed by atoms with E-state index in [1.165, 1.54) is 6.07 Å². The number of benzene rings is 1. The summed E-state index contributed by atoms with van der Waals surface area (Å²) in [7, 11) is -6.79. The van der Waals surface area contributed by atoms with Crippen LogP contribution in [0, 0.1) is 0 Å². The van der Waals surface area contributed by atoms with Crippen molar-refractivity contribution in [2.45, 2.75) is 23.8 Å². The molecule has 20 heavy (non-hydrogen) atoms. The van der Waals surface area contributed by atoms with Gasteiger partial charge in [0.1, 0.15) is 5.75 Å². The molecule has 6 nitrogen and oxygen atoms in total. The maximum absolute atomic E-state index is 12.3. The van der Waals surface area contributed by atoms with Gasteiger partial charge in [0.05, 0.1) is 23.0 Å². The summed E-state index contributed by atoms with van der Waals surface area (Å²) in [6.45, 7) is 0.563. The average Bonchev–Trinajstić information content (AvgIpc) is 2.94. The van der Waals surface area contributed by atoms with Crippen LogP contribution in [0.25, 0.3) is 0 Å². The van der Waals surface area contributed by atoms with Gasteiger partial charge in [0, 0.05) is 12.5 Å². The van der Waals surface area contributed by atoms with Crippen molar-refractivity contribution in [1.82, 2.24) is 4.72 Å². The minimum Gasteiger partial charge on any atom is -0.493 e. The van der Waals surface area contributed by atoms with Crippen molar-refractivity contribution in [2.75, 3.05) is 18.1 Å². The van der Waals surface area contributed by atoms with E-state index in [2.05, 4.69) is 4.72 Å². The van der Waals surface area contributed by atoms with Crippen molar-refractivity contribution >= 4 is 19.9 Å². The Labute approximate surface area is 118 Å². The number of hydrogen-bond acceptors (Lipinski definition) is 5. The van der Waals surface area contributed by atoms with E-state index in [1.807, 2.05) is 0 Å². The summed E-state index contributed by atoms with van der Waals surface area (Å²) in [5.41, 5.74) is 0.868. The van der Waals surface area contributed by atoms with Crippen LogP contribution in [0.15, 0.2) is 23.1 Å². The van der Waals surface area contributed by atoms with Crippen LogP contribution >= 0.6 is 0 Å². The minimum atomic E-state index is -3.69. The first kappa shape index (κ1) is 13.8. The fraction of sp³-hybridized carbons (Fsp3) is 0.500. The molecule has 2 aliphatic rings. The number of sulfonamides is 1. The molecule has 1 atom stereocenters. The predicted molar refractivity (Wildman–Crippen MR) is 73.0 cm³/mol. The van der Waals surface area contributed by atoms with Crippen molar-refractivity contribution in [3.8, 4) is 5.75 Å². The largest absolute Gasteiger partial charge is 0.493 e. The van der Waals surface area contributed by atoms with E-state index in [1.54, 1.807) is 12.1 Å². The van der Waals surface area contributed by atoms with E-state index in [-0.39, 0.29) is 16.4 Å². The molecule has 0 spiro atoms. The molecule has 2 heterocycles. The Balaban J connectivity index is 1.82.